The van der Waals surface area contributed by atoms with Gasteiger partial charge in [0, 0.05) is 7.05 Å². The molecule has 0 fully saturated rings. The molecule has 0 aliphatic rings. The Labute approximate surface area is 94.8 Å². The van der Waals surface area contributed by atoms with Crippen LogP contribution in [-0.2, 0) is 0 Å². The number of alkyl halides is 3. The zero-order chi connectivity index (χ0) is 12.3. The molecule has 7 heteroatoms. The third kappa shape index (κ3) is 3.69. The van der Waals surface area contributed by atoms with Gasteiger partial charge in [0.25, 0.3) is 5.91 Å². The fourth-order valence-electron chi connectivity index (χ4n) is 1.06. The maximum atomic E-state index is 12.0. The molecular formula is C9H8ClF3N2O. The predicted molar refractivity (Wildman–Crippen MR) is 52.3 cm³/mol. The molecule has 0 saturated carbocycles. The zero-order valence-electron chi connectivity index (χ0n) is 8.25. The topological polar surface area (TPSA) is 33.2 Å². The fourth-order valence-corrected chi connectivity index (χ4v) is 1.23. The van der Waals surface area contributed by atoms with Crippen LogP contribution in [-0.4, -0.2) is 35.6 Å². The molecule has 3 nitrogen and oxygen atoms in total. The molecule has 0 N–H and O–H groups in total. The number of carbonyl (C=O) groups is 1. The first-order valence-electron chi connectivity index (χ1n) is 4.24. The van der Waals surface area contributed by atoms with Gasteiger partial charge in [-0.25, -0.2) is 4.98 Å². The van der Waals surface area contributed by atoms with Gasteiger partial charge in [0.1, 0.15) is 17.4 Å². The predicted octanol–water partition coefficient (Wildman–Crippen LogP) is 2.37. The van der Waals surface area contributed by atoms with E-state index in [4.69, 9.17) is 11.6 Å². The Kier molecular flexibility index (Phi) is 3.74. The molecule has 16 heavy (non-hydrogen) atoms. The van der Waals surface area contributed by atoms with Crippen molar-refractivity contribution in [1.29, 1.82) is 0 Å². The normalized spacial score (nSPS) is 11.3. The van der Waals surface area contributed by atoms with Gasteiger partial charge in [0.15, 0.2) is 0 Å². The minimum Gasteiger partial charge on any atom is -0.331 e. The minimum atomic E-state index is -4.43. The first-order valence-corrected chi connectivity index (χ1v) is 4.62. The van der Waals surface area contributed by atoms with Gasteiger partial charge in [0.05, 0.1) is 0 Å². The lowest BCUT2D eigenvalue weighted by molar-refractivity contribution is -0.138. The summed E-state index contributed by atoms with van der Waals surface area (Å²) in [5.74, 6) is -0.820. The summed E-state index contributed by atoms with van der Waals surface area (Å²) in [6.07, 6.45) is -4.43. The van der Waals surface area contributed by atoms with Gasteiger partial charge in [0.2, 0.25) is 0 Å². The third-order valence-corrected chi connectivity index (χ3v) is 1.91. The second-order valence-corrected chi connectivity index (χ2v) is 3.51. The van der Waals surface area contributed by atoms with Gasteiger partial charge >= 0.3 is 6.18 Å². The molecule has 0 atom stereocenters. The van der Waals surface area contributed by atoms with E-state index < -0.39 is 18.6 Å². The molecule has 1 aromatic rings. The third-order valence-electron chi connectivity index (χ3n) is 1.70. The van der Waals surface area contributed by atoms with Crippen LogP contribution in [0.2, 0.25) is 5.15 Å². The number of hydrogen-bond donors (Lipinski definition) is 0. The van der Waals surface area contributed by atoms with E-state index >= 15 is 0 Å². The molecule has 0 spiro atoms. The number of rotatable bonds is 2. The average Bonchev–Trinajstić information content (AvgIpc) is 2.14. The Morgan fingerprint density at radius 3 is 2.62 bits per heavy atom. The molecule has 0 bridgehead atoms. The van der Waals surface area contributed by atoms with E-state index in [1.54, 1.807) is 0 Å². The van der Waals surface area contributed by atoms with Gasteiger partial charge in [-0.2, -0.15) is 13.2 Å². The molecule has 0 unspecified atom stereocenters. The molecule has 1 aromatic heterocycles. The van der Waals surface area contributed by atoms with Crippen molar-refractivity contribution in [2.75, 3.05) is 13.6 Å². The molecule has 0 aliphatic heterocycles. The van der Waals surface area contributed by atoms with Crippen molar-refractivity contribution in [3.63, 3.8) is 0 Å². The van der Waals surface area contributed by atoms with E-state index in [9.17, 15) is 18.0 Å². The monoisotopic (exact) mass is 252 g/mol. The summed E-state index contributed by atoms with van der Waals surface area (Å²) in [7, 11) is 1.05. The quantitative estimate of drug-likeness (QED) is 0.757. The SMILES string of the molecule is CN(CC(F)(F)F)C(=O)c1cccc(Cl)n1. The Morgan fingerprint density at radius 1 is 1.50 bits per heavy atom. The molecule has 0 aromatic carbocycles. The van der Waals surface area contributed by atoms with E-state index in [-0.39, 0.29) is 10.8 Å². The van der Waals surface area contributed by atoms with Crippen molar-refractivity contribution < 1.29 is 18.0 Å². The second-order valence-electron chi connectivity index (χ2n) is 3.12. The van der Waals surface area contributed by atoms with E-state index in [1.165, 1.54) is 18.2 Å². The van der Waals surface area contributed by atoms with Crippen LogP contribution in [0.25, 0.3) is 0 Å². The molecule has 0 saturated heterocycles. The summed E-state index contributed by atoms with van der Waals surface area (Å²) in [6.45, 7) is -1.32. The number of nitrogens with zero attached hydrogens (tertiary/aromatic N) is 2. The van der Waals surface area contributed by atoms with Crippen LogP contribution in [0.1, 0.15) is 10.5 Å². The maximum Gasteiger partial charge on any atom is 0.406 e. The van der Waals surface area contributed by atoms with Gasteiger partial charge in [-0.05, 0) is 12.1 Å². The highest BCUT2D eigenvalue weighted by molar-refractivity contribution is 6.29. The summed E-state index contributed by atoms with van der Waals surface area (Å²) in [6, 6.07) is 4.19. The Morgan fingerprint density at radius 2 is 2.12 bits per heavy atom. The van der Waals surface area contributed by atoms with Crippen LogP contribution >= 0.6 is 11.6 Å². The highest BCUT2D eigenvalue weighted by Crippen LogP contribution is 2.17. The molecule has 88 valence electrons. The Bertz CT molecular complexity index is 395. The number of pyridine rings is 1. The van der Waals surface area contributed by atoms with Crippen molar-refractivity contribution in [1.82, 2.24) is 9.88 Å². The van der Waals surface area contributed by atoms with Crippen LogP contribution in [0.15, 0.2) is 18.2 Å². The Hall–Kier alpha value is -1.30. The van der Waals surface area contributed by atoms with Crippen molar-refractivity contribution in [3.8, 4) is 0 Å². The Balaban J connectivity index is 2.78. The highest BCUT2D eigenvalue weighted by atomic mass is 35.5. The molecular weight excluding hydrogens is 245 g/mol. The average molecular weight is 253 g/mol. The summed E-state index contributed by atoms with van der Waals surface area (Å²) < 4.78 is 36.1. The van der Waals surface area contributed by atoms with E-state index in [0.717, 1.165) is 7.05 Å². The van der Waals surface area contributed by atoms with Gasteiger partial charge in [-0.3, -0.25) is 4.79 Å². The molecule has 1 heterocycles. The smallest absolute Gasteiger partial charge is 0.331 e. The largest absolute Gasteiger partial charge is 0.406 e. The van der Waals surface area contributed by atoms with Crippen molar-refractivity contribution in [2.24, 2.45) is 0 Å². The number of halogens is 4. The van der Waals surface area contributed by atoms with E-state index in [0.29, 0.717) is 4.90 Å². The lowest BCUT2D eigenvalue weighted by Crippen LogP contribution is -2.36. The van der Waals surface area contributed by atoms with Crippen molar-refractivity contribution >= 4 is 17.5 Å². The van der Waals surface area contributed by atoms with E-state index in [2.05, 4.69) is 4.98 Å². The number of hydrogen-bond acceptors (Lipinski definition) is 2. The van der Waals surface area contributed by atoms with Crippen molar-refractivity contribution in [2.45, 2.75) is 6.18 Å². The molecule has 0 aliphatic carbocycles. The van der Waals surface area contributed by atoms with Crippen LogP contribution in [0.5, 0.6) is 0 Å². The van der Waals surface area contributed by atoms with Gasteiger partial charge in [-0.15, -0.1) is 0 Å². The number of aromatic nitrogens is 1. The van der Waals surface area contributed by atoms with Crippen molar-refractivity contribution in [3.05, 3.63) is 29.0 Å². The molecule has 1 rings (SSSR count). The summed E-state index contributed by atoms with van der Waals surface area (Å²) in [4.78, 5) is 15.7. The maximum absolute atomic E-state index is 12.0. The first kappa shape index (κ1) is 12.8. The molecule has 1 amide bonds. The van der Waals surface area contributed by atoms with Crippen LogP contribution in [0.4, 0.5) is 13.2 Å². The lowest BCUT2D eigenvalue weighted by Gasteiger charge is -2.18. The summed E-state index contributed by atoms with van der Waals surface area (Å²) in [5.41, 5.74) is -0.112. The second kappa shape index (κ2) is 4.69. The minimum absolute atomic E-state index is 0.0614. The lowest BCUT2D eigenvalue weighted by atomic mass is 10.3. The summed E-state index contributed by atoms with van der Waals surface area (Å²) >= 11 is 5.52. The summed E-state index contributed by atoms with van der Waals surface area (Å²) in [5, 5.41) is 0.0614. The van der Waals surface area contributed by atoms with Crippen LogP contribution in [0.3, 0.4) is 0 Å². The van der Waals surface area contributed by atoms with Crippen LogP contribution < -0.4 is 0 Å². The fraction of sp³-hybridized carbons (Fsp3) is 0.333. The standard InChI is InChI=1S/C9H8ClF3N2O/c1-15(5-9(11,12)13)8(16)6-3-2-4-7(10)14-6/h2-4H,5H2,1H3. The zero-order valence-corrected chi connectivity index (χ0v) is 9.01. The first-order chi connectivity index (χ1) is 7.29. The van der Waals surface area contributed by atoms with E-state index in [1.807, 2.05) is 0 Å². The van der Waals surface area contributed by atoms with Gasteiger partial charge in [-0.1, -0.05) is 17.7 Å². The number of carbonyl (C=O) groups excluding carboxylic acids is 1. The number of amides is 1. The van der Waals surface area contributed by atoms with Crippen LogP contribution in [0, 0.1) is 0 Å². The van der Waals surface area contributed by atoms with Gasteiger partial charge < -0.3 is 4.90 Å². The highest BCUT2D eigenvalue weighted by Gasteiger charge is 2.31. The molecule has 0 radical (unpaired) electrons.